The molecule has 9 nitrogen and oxygen atoms in total. The van der Waals surface area contributed by atoms with Crippen LogP contribution in [-0.4, -0.2) is 74.9 Å². The SMILES string of the molecule is CC/C=C\C/C=C\C/C=C\C/C=C\C/C=C\C/C=C\C/C=C\C/C=C\CCCCCCCCCCCCCCC(=O)OC(COC(=O)CCCC/C=C\C/C=C\C/C=C\C/C=C\C/C=C\C/C=C\C/C=C\C/C=C\CC)COP(=O)(O)OCC[N+](C)(C)C. The normalized spacial score (nSPS) is 14.4. The first kappa shape index (κ1) is 82.8. The van der Waals surface area contributed by atoms with Crippen molar-refractivity contribution in [1.82, 2.24) is 0 Å². The zero-order valence-corrected chi connectivity index (χ0v) is 57.0. The van der Waals surface area contributed by atoms with Gasteiger partial charge in [0, 0.05) is 12.8 Å². The minimum Gasteiger partial charge on any atom is -0.462 e. The van der Waals surface area contributed by atoms with Crippen molar-refractivity contribution in [2.24, 2.45) is 0 Å². The van der Waals surface area contributed by atoms with E-state index < -0.39 is 32.5 Å². The van der Waals surface area contributed by atoms with Crippen LogP contribution in [0.3, 0.4) is 0 Å². The number of allylic oxidation sites excluding steroid dienone is 32. The van der Waals surface area contributed by atoms with Crippen LogP contribution in [-0.2, 0) is 32.7 Å². The lowest BCUT2D eigenvalue weighted by Crippen LogP contribution is -2.37. The third-order valence-electron chi connectivity index (χ3n) is 13.6. The Morgan fingerprint density at radius 3 is 0.932 bits per heavy atom. The number of nitrogens with zero attached hydrogens (tertiary/aromatic N) is 1. The summed E-state index contributed by atoms with van der Waals surface area (Å²) in [5.41, 5.74) is 0. The number of carbonyl (C=O) groups excluding carboxylic acids is 2. The van der Waals surface area contributed by atoms with Crippen molar-refractivity contribution in [2.45, 2.75) is 238 Å². The van der Waals surface area contributed by atoms with E-state index in [-0.39, 0.29) is 26.1 Å². The number of hydrogen-bond donors (Lipinski definition) is 1. The Morgan fingerprint density at radius 2 is 0.614 bits per heavy atom. The number of phosphoric acid groups is 1. The van der Waals surface area contributed by atoms with Gasteiger partial charge in [0.25, 0.3) is 0 Å². The molecule has 10 heteroatoms. The molecule has 0 aliphatic carbocycles. The van der Waals surface area contributed by atoms with Gasteiger partial charge in [-0.3, -0.25) is 18.6 Å². The maximum absolute atomic E-state index is 12.9. The highest BCUT2D eigenvalue weighted by atomic mass is 31.2. The van der Waals surface area contributed by atoms with Gasteiger partial charge in [-0.2, -0.15) is 0 Å². The molecule has 494 valence electrons. The molecule has 1 N–H and O–H groups in total. The summed E-state index contributed by atoms with van der Waals surface area (Å²) in [5.74, 6) is -0.865. The number of rotatable bonds is 60. The molecule has 0 aliphatic rings. The number of likely N-dealkylation sites (N-methyl/N-ethyl adjacent to an activating group) is 1. The average molecular weight is 1240 g/mol. The Bertz CT molecular complexity index is 2190. The van der Waals surface area contributed by atoms with Gasteiger partial charge < -0.3 is 18.9 Å². The molecule has 0 aromatic rings. The van der Waals surface area contributed by atoms with Gasteiger partial charge in [0.15, 0.2) is 6.10 Å². The zero-order chi connectivity index (χ0) is 64.1. The maximum atomic E-state index is 12.9. The molecule has 0 fully saturated rings. The highest BCUT2D eigenvalue weighted by Gasteiger charge is 2.27. The van der Waals surface area contributed by atoms with Crippen LogP contribution < -0.4 is 0 Å². The van der Waals surface area contributed by atoms with Crippen molar-refractivity contribution < 1.29 is 42.1 Å². The Labute approximate surface area is 539 Å². The fourth-order valence-corrected chi connectivity index (χ4v) is 9.20. The van der Waals surface area contributed by atoms with Crippen LogP contribution in [0.4, 0.5) is 0 Å². The second-order valence-corrected chi connectivity index (χ2v) is 24.5. The van der Waals surface area contributed by atoms with Crippen LogP contribution in [0.15, 0.2) is 194 Å². The van der Waals surface area contributed by atoms with Gasteiger partial charge in [0.2, 0.25) is 0 Å². The van der Waals surface area contributed by atoms with Crippen molar-refractivity contribution in [3.8, 4) is 0 Å². The minimum absolute atomic E-state index is 0.0134. The largest absolute Gasteiger partial charge is 0.472 e. The second kappa shape index (κ2) is 66.3. The average Bonchev–Trinajstić information content (AvgIpc) is 3.68. The third-order valence-corrected chi connectivity index (χ3v) is 14.6. The lowest BCUT2D eigenvalue weighted by Gasteiger charge is -2.24. The smallest absolute Gasteiger partial charge is 0.462 e. The number of unbranched alkanes of at least 4 members (excludes halogenated alkanes) is 14. The van der Waals surface area contributed by atoms with E-state index in [1.54, 1.807) is 0 Å². The number of esters is 2. The lowest BCUT2D eigenvalue weighted by atomic mass is 10.0. The topological polar surface area (TPSA) is 108 Å². The van der Waals surface area contributed by atoms with E-state index in [1.807, 2.05) is 21.1 Å². The molecule has 0 spiro atoms. The van der Waals surface area contributed by atoms with Gasteiger partial charge in [0.1, 0.15) is 19.8 Å². The van der Waals surface area contributed by atoms with Crippen LogP contribution in [0.2, 0.25) is 0 Å². The zero-order valence-electron chi connectivity index (χ0n) is 56.1. The van der Waals surface area contributed by atoms with E-state index in [2.05, 4.69) is 208 Å². The number of phosphoric ester groups is 1. The number of hydrogen-bond acceptors (Lipinski definition) is 7. The molecule has 0 rings (SSSR count). The number of carbonyl (C=O) groups is 2. The minimum atomic E-state index is -4.42. The summed E-state index contributed by atoms with van der Waals surface area (Å²) in [7, 11) is 1.42. The van der Waals surface area contributed by atoms with E-state index in [9.17, 15) is 19.0 Å². The molecule has 88 heavy (non-hydrogen) atoms. The summed E-state index contributed by atoms with van der Waals surface area (Å²) in [4.78, 5) is 35.8. The fraction of sp³-hybridized carbons (Fsp3) is 0.564. The number of quaternary nitrogens is 1. The van der Waals surface area contributed by atoms with E-state index in [0.29, 0.717) is 23.9 Å². The Kier molecular flexibility index (Phi) is 62.4. The molecular weight excluding hydrogens is 1110 g/mol. The summed E-state index contributed by atoms with van der Waals surface area (Å²) in [6.07, 6.45) is 104. The Hall–Kier alpha value is -5.15. The first-order valence-electron chi connectivity index (χ1n) is 34.2. The summed E-state index contributed by atoms with van der Waals surface area (Å²) in [6, 6.07) is 0. The van der Waals surface area contributed by atoms with E-state index in [4.69, 9.17) is 18.5 Å². The predicted octanol–water partition coefficient (Wildman–Crippen LogP) is 22.5. The predicted molar refractivity (Wildman–Crippen MR) is 380 cm³/mol. The van der Waals surface area contributed by atoms with Gasteiger partial charge in [-0.15, -0.1) is 0 Å². The summed E-state index contributed by atoms with van der Waals surface area (Å²) >= 11 is 0. The van der Waals surface area contributed by atoms with Crippen molar-refractivity contribution >= 4 is 19.8 Å². The summed E-state index contributed by atoms with van der Waals surface area (Å²) < 4.78 is 34.6. The van der Waals surface area contributed by atoms with Crippen LogP contribution in [0.5, 0.6) is 0 Å². The first-order valence-corrected chi connectivity index (χ1v) is 35.7. The Morgan fingerprint density at radius 1 is 0.352 bits per heavy atom. The van der Waals surface area contributed by atoms with E-state index in [1.165, 1.54) is 51.4 Å². The molecule has 0 amide bonds. The molecule has 0 aromatic carbocycles. The van der Waals surface area contributed by atoms with Gasteiger partial charge in [-0.25, -0.2) is 4.57 Å². The van der Waals surface area contributed by atoms with Crippen LogP contribution >= 0.6 is 7.82 Å². The molecule has 0 bridgehead atoms. The number of ether oxygens (including phenoxy) is 2. The maximum Gasteiger partial charge on any atom is 0.472 e. The van der Waals surface area contributed by atoms with Gasteiger partial charge in [-0.05, 0) is 141 Å². The molecule has 0 aromatic heterocycles. The van der Waals surface area contributed by atoms with Crippen molar-refractivity contribution in [2.75, 3.05) is 47.5 Å². The monoisotopic (exact) mass is 1230 g/mol. The van der Waals surface area contributed by atoms with Crippen LogP contribution in [0.25, 0.3) is 0 Å². The molecule has 2 unspecified atom stereocenters. The molecule has 0 aliphatic heterocycles. The van der Waals surface area contributed by atoms with Gasteiger partial charge in [-0.1, -0.05) is 272 Å². The molecule has 0 radical (unpaired) electrons. The van der Waals surface area contributed by atoms with Gasteiger partial charge in [0.05, 0.1) is 27.7 Å². The molecule has 0 saturated heterocycles. The first-order chi connectivity index (χ1) is 43.0. The molecule has 0 saturated carbocycles. The van der Waals surface area contributed by atoms with Crippen molar-refractivity contribution in [3.05, 3.63) is 194 Å². The summed E-state index contributed by atoms with van der Waals surface area (Å²) in [6.45, 7) is 4.13. The lowest BCUT2D eigenvalue weighted by molar-refractivity contribution is -0.870. The highest BCUT2D eigenvalue weighted by molar-refractivity contribution is 7.47. The van der Waals surface area contributed by atoms with Crippen molar-refractivity contribution in [3.63, 3.8) is 0 Å². The van der Waals surface area contributed by atoms with Crippen molar-refractivity contribution in [1.29, 1.82) is 0 Å². The van der Waals surface area contributed by atoms with Crippen LogP contribution in [0, 0.1) is 0 Å². The summed E-state index contributed by atoms with van der Waals surface area (Å²) in [5, 5.41) is 0. The molecule has 0 heterocycles. The fourth-order valence-electron chi connectivity index (χ4n) is 8.46. The molecular formula is C78H125NO8P+. The van der Waals surface area contributed by atoms with E-state index in [0.717, 1.165) is 141 Å². The second-order valence-electron chi connectivity index (χ2n) is 23.1. The third kappa shape index (κ3) is 69.9. The van der Waals surface area contributed by atoms with Gasteiger partial charge >= 0.3 is 19.8 Å². The van der Waals surface area contributed by atoms with E-state index >= 15 is 0 Å². The standard InChI is InChI=1S/C78H124NO8P/c1-6-8-10-12-14-16-18-20-22-24-26-28-30-32-34-35-36-37-38-39-40-41-42-43-45-47-49-51-53-55-57-59-61-63-65-67-69-71-78(81)87-76(75-86-88(82,83)85-73-72-79(3,4)5)74-84-77(80)70-68-66-64-62-60-58-56-54-52-50-48-46-44-33-31-29-27-25-23-21-19-17-15-13-11-9-7-2/h8-11,14-17,20-23,26-29,32-34,36-37,39-40,42-44,48,50,54,56,60,62,76H,6-7,12-13,18-19,24-25,30-31,35,38,41,45-47,49,51-53,55,57-59,61,63-75H2,1-5H3/p+1/b10-8-,11-9-,16-14-,17-15-,22-20-,23-21-,28-26-,29-27-,34-32-,37-36-,40-39-,43-42-,44-33-,50-48-,56-54-,62-60-. The Balaban J connectivity index is 4.20. The quantitative estimate of drug-likeness (QED) is 0.0211. The van der Waals surface area contributed by atoms with Crippen LogP contribution in [0.1, 0.15) is 232 Å². The highest BCUT2D eigenvalue weighted by Crippen LogP contribution is 2.43. The molecule has 2 atom stereocenters.